The predicted octanol–water partition coefficient (Wildman–Crippen LogP) is 4.60. The van der Waals surface area contributed by atoms with E-state index in [1.165, 1.54) is 48.1 Å². The Morgan fingerprint density at radius 1 is 1.19 bits per heavy atom. The first-order valence-corrected chi connectivity index (χ1v) is 7.30. The van der Waals surface area contributed by atoms with Crippen LogP contribution < -0.4 is 0 Å². The molecule has 0 saturated carbocycles. The molecule has 1 aliphatic rings. The van der Waals surface area contributed by atoms with Crippen LogP contribution in [0.4, 0.5) is 0 Å². The molecule has 0 spiro atoms. The van der Waals surface area contributed by atoms with Crippen LogP contribution >= 0.6 is 11.8 Å². The van der Waals surface area contributed by atoms with Gasteiger partial charge >= 0.3 is 0 Å². The Morgan fingerprint density at radius 2 is 1.94 bits per heavy atom. The lowest BCUT2D eigenvalue weighted by Gasteiger charge is -2.13. The van der Waals surface area contributed by atoms with E-state index in [-0.39, 0.29) is 0 Å². The highest BCUT2D eigenvalue weighted by Crippen LogP contribution is 2.30. The van der Waals surface area contributed by atoms with E-state index >= 15 is 0 Å². The fraction of sp³-hybridized carbons (Fsp3) is 0.467. The molecule has 0 saturated heterocycles. The van der Waals surface area contributed by atoms with E-state index in [0.717, 1.165) is 0 Å². The van der Waals surface area contributed by atoms with E-state index < -0.39 is 0 Å². The second-order valence-corrected chi connectivity index (χ2v) is 5.52. The molecule has 0 unspecified atom stereocenters. The second-order valence-electron chi connectivity index (χ2n) is 4.62. The Hall–Kier alpha value is -0.690. The molecule has 0 bridgehead atoms. The van der Waals surface area contributed by atoms with Crippen molar-refractivity contribution in [2.75, 3.05) is 6.26 Å². The summed E-state index contributed by atoms with van der Waals surface area (Å²) in [4.78, 5) is 1.19. The zero-order valence-electron chi connectivity index (χ0n) is 10.3. The molecule has 2 rings (SSSR count). The molecule has 16 heavy (non-hydrogen) atoms. The lowest BCUT2D eigenvalue weighted by molar-refractivity contribution is 0.711. The monoisotopic (exact) mass is 232 g/mol. The molecule has 0 fully saturated rings. The van der Waals surface area contributed by atoms with Crippen LogP contribution in [0, 0.1) is 6.92 Å². The van der Waals surface area contributed by atoms with E-state index in [9.17, 15) is 0 Å². The Bertz CT molecular complexity index is 404. The van der Waals surface area contributed by atoms with Gasteiger partial charge in [0.1, 0.15) is 0 Å². The normalized spacial score (nSPS) is 15.4. The summed E-state index contributed by atoms with van der Waals surface area (Å²) in [6, 6.07) is 4.68. The molecule has 0 amide bonds. The van der Waals surface area contributed by atoms with E-state index in [1.54, 1.807) is 22.9 Å². The fourth-order valence-electron chi connectivity index (χ4n) is 2.54. The van der Waals surface area contributed by atoms with Gasteiger partial charge in [-0.15, -0.1) is 11.8 Å². The minimum atomic E-state index is 1.19. The molecule has 86 valence electrons. The summed E-state index contributed by atoms with van der Waals surface area (Å²) >= 11 is 1.75. The Labute approximate surface area is 103 Å². The average molecular weight is 232 g/mol. The topological polar surface area (TPSA) is 0 Å². The van der Waals surface area contributed by atoms with Gasteiger partial charge in [0.15, 0.2) is 0 Å². The molecule has 1 aromatic carbocycles. The lowest BCUT2D eigenvalue weighted by atomic mass is 9.95. The van der Waals surface area contributed by atoms with Crippen molar-refractivity contribution in [3.8, 4) is 0 Å². The van der Waals surface area contributed by atoms with Crippen LogP contribution in [0.3, 0.4) is 0 Å². The summed E-state index contributed by atoms with van der Waals surface area (Å²) in [6.07, 6.45) is 8.72. The first-order chi connectivity index (χ1) is 7.72. The number of thioether (sulfide) groups is 1. The molecule has 0 heterocycles. The average Bonchev–Trinajstić information content (AvgIpc) is 2.53. The molecule has 0 nitrogen and oxygen atoms in total. The molecule has 1 aliphatic carbocycles. The fourth-order valence-corrected chi connectivity index (χ4v) is 2.90. The number of aryl methyl sites for hydroxylation is 2. The minimum Gasteiger partial charge on any atom is -0.130 e. The van der Waals surface area contributed by atoms with E-state index in [2.05, 4.69) is 31.9 Å². The highest BCUT2D eigenvalue weighted by molar-refractivity contribution is 8.07. The quantitative estimate of drug-likeness (QED) is 0.672. The summed E-state index contributed by atoms with van der Waals surface area (Å²) in [7, 11) is 0. The van der Waals surface area contributed by atoms with Crippen LogP contribution in [0.25, 0.3) is 4.91 Å². The highest BCUT2D eigenvalue weighted by Gasteiger charge is 2.12. The van der Waals surface area contributed by atoms with Gasteiger partial charge in [0.25, 0.3) is 0 Å². The number of hydrogen-bond donors (Lipinski definition) is 0. The summed E-state index contributed by atoms with van der Waals surface area (Å²) in [5.41, 5.74) is 5.97. The summed E-state index contributed by atoms with van der Waals surface area (Å²) < 4.78 is 0. The van der Waals surface area contributed by atoms with Gasteiger partial charge in [-0.3, -0.25) is 0 Å². The van der Waals surface area contributed by atoms with Gasteiger partial charge in [-0.05, 0) is 61.1 Å². The van der Waals surface area contributed by atoms with Crippen molar-refractivity contribution in [1.29, 1.82) is 0 Å². The van der Waals surface area contributed by atoms with Crippen LogP contribution in [0.15, 0.2) is 18.7 Å². The lowest BCUT2D eigenvalue weighted by Crippen LogP contribution is -1.97. The van der Waals surface area contributed by atoms with Crippen molar-refractivity contribution in [1.82, 2.24) is 0 Å². The number of fused-ring (bicyclic) bond motifs is 1. The zero-order valence-corrected chi connectivity index (χ0v) is 11.1. The SMILES string of the molecule is C=C(SC)c1cc(C)c2c(c1)CCCCC2. The van der Waals surface area contributed by atoms with Gasteiger partial charge in [-0.25, -0.2) is 0 Å². The van der Waals surface area contributed by atoms with Crippen LogP contribution in [0.5, 0.6) is 0 Å². The van der Waals surface area contributed by atoms with Gasteiger partial charge in [0, 0.05) is 4.91 Å². The molecule has 0 atom stereocenters. The maximum Gasteiger partial charge on any atom is 0.00699 e. The van der Waals surface area contributed by atoms with Crippen molar-refractivity contribution in [2.45, 2.75) is 39.0 Å². The van der Waals surface area contributed by atoms with E-state index in [0.29, 0.717) is 0 Å². The van der Waals surface area contributed by atoms with Crippen molar-refractivity contribution in [3.05, 3.63) is 41.0 Å². The maximum absolute atomic E-state index is 4.12. The Kier molecular flexibility index (Phi) is 3.75. The molecule has 0 aliphatic heterocycles. The first-order valence-electron chi connectivity index (χ1n) is 6.08. The third-order valence-corrected chi connectivity index (χ3v) is 4.24. The van der Waals surface area contributed by atoms with E-state index in [1.807, 2.05) is 0 Å². The van der Waals surface area contributed by atoms with Gasteiger partial charge in [-0.2, -0.15) is 0 Å². The molecular formula is C15H20S. The second kappa shape index (κ2) is 5.09. The van der Waals surface area contributed by atoms with Crippen molar-refractivity contribution >= 4 is 16.7 Å². The number of benzene rings is 1. The molecule has 1 heteroatoms. The van der Waals surface area contributed by atoms with Crippen molar-refractivity contribution < 1.29 is 0 Å². The van der Waals surface area contributed by atoms with Gasteiger partial charge in [0.05, 0.1) is 0 Å². The standard InChI is InChI=1S/C15H20S/c1-11-9-14(12(2)16-3)10-13-7-5-4-6-8-15(11)13/h9-10H,2,4-8H2,1,3H3. The van der Waals surface area contributed by atoms with Crippen LogP contribution in [-0.2, 0) is 12.8 Å². The summed E-state index contributed by atoms with van der Waals surface area (Å²) in [5.74, 6) is 0. The van der Waals surface area contributed by atoms with Crippen molar-refractivity contribution in [3.63, 3.8) is 0 Å². The third kappa shape index (κ3) is 2.35. The van der Waals surface area contributed by atoms with E-state index in [4.69, 9.17) is 0 Å². The number of rotatable bonds is 2. The number of hydrogen-bond acceptors (Lipinski definition) is 1. The van der Waals surface area contributed by atoms with Crippen LogP contribution in [0.1, 0.15) is 41.5 Å². The first kappa shape index (κ1) is 11.8. The molecule has 1 aromatic rings. The highest BCUT2D eigenvalue weighted by atomic mass is 32.2. The van der Waals surface area contributed by atoms with Gasteiger partial charge < -0.3 is 0 Å². The maximum atomic E-state index is 4.12. The Morgan fingerprint density at radius 3 is 2.69 bits per heavy atom. The zero-order chi connectivity index (χ0) is 11.5. The van der Waals surface area contributed by atoms with Gasteiger partial charge in [-0.1, -0.05) is 25.1 Å². The third-order valence-electron chi connectivity index (χ3n) is 3.51. The van der Waals surface area contributed by atoms with Crippen LogP contribution in [0.2, 0.25) is 0 Å². The van der Waals surface area contributed by atoms with Crippen LogP contribution in [-0.4, -0.2) is 6.26 Å². The minimum absolute atomic E-state index is 1.19. The predicted molar refractivity (Wildman–Crippen MR) is 75.0 cm³/mol. The van der Waals surface area contributed by atoms with Gasteiger partial charge in [0.2, 0.25) is 0 Å². The molecule has 0 aromatic heterocycles. The molecule has 0 N–H and O–H groups in total. The molecule has 0 radical (unpaired) electrons. The summed E-state index contributed by atoms with van der Waals surface area (Å²) in [5, 5.41) is 0. The van der Waals surface area contributed by atoms with Crippen molar-refractivity contribution in [2.24, 2.45) is 0 Å². The summed E-state index contributed by atoms with van der Waals surface area (Å²) in [6.45, 7) is 6.37. The molecular weight excluding hydrogens is 212 g/mol. The largest absolute Gasteiger partial charge is 0.130 e. The smallest absolute Gasteiger partial charge is 0.00699 e. The Balaban J connectivity index is 2.43.